The van der Waals surface area contributed by atoms with Crippen molar-refractivity contribution < 1.29 is 0 Å². The molecule has 1 aromatic heterocycles. The molecule has 1 fully saturated rings. The molecule has 90 valence electrons. The lowest BCUT2D eigenvalue weighted by molar-refractivity contribution is 0.305. The first-order valence-corrected chi connectivity index (χ1v) is 5.96. The lowest BCUT2D eigenvalue weighted by Crippen LogP contribution is -2.50. The van der Waals surface area contributed by atoms with E-state index >= 15 is 0 Å². The molecule has 0 unspecified atom stereocenters. The summed E-state index contributed by atoms with van der Waals surface area (Å²) in [5, 5.41) is 12.5. The van der Waals surface area contributed by atoms with Gasteiger partial charge in [0.05, 0.1) is 17.4 Å². The van der Waals surface area contributed by atoms with Crippen LogP contribution in [0.2, 0.25) is 0 Å². The molecule has 0 bridgehead atoms. The third kappa shape index (κ3) is 2.40. The van der Waals surface area contributed by atoms with E-state index in [1.165, 1.54) is 0 Å². The van der Waals surface area contributed by atoms with Gasteiger partial charge in [-0.05, 0) is 32.9 Å². The highest BCUT2D eigenvalue weighted by Crippen LogP contribution is 2.27. The highest BCUT2D eigenvalue weighted by molar-refractivity contribution is 5.57. The summed E-state index contributed by atoms with van der Waals surface area (Å²) in [5.41, 5.74) is 1.91. The Morgan fingerprint density at radius 1 is 1.47 bits per heavy atom. The van der Waals surface area contributed by atoms with Crippen molar-refractivity contribution in [1.82, 2.24) is 10.3 Å². The average molecular weight is 230 g/mol. The minimum Gasteiger partial charge on any atom is -0.369 e. The van der Waals surface area contributed by atoms with Gasteiger partial charge in [-0.15, -0.1) is 0 Å². The molecular formula is C13H18N4. The number of rotatable bonds is 2. The van der Waals surface area contributed by atoms with Gasteiger partial charge in [-0.25, -0.2) is 0 Å². The molecule has 0 spiro atoms. The van der Waals surface area contributed by atoms with Crippen LogP contribution in [-0.2, 0) is 0 Å². The first-order chi connectivity index (χ1) is 8.18. The maximum absolute atomic E-state index is 9.08. The van der Waals surface area contributed by atoms with Gasteiger partial charge in [0.25, 0.3) is 0 Å². The van der Waals surface area contributed by atoms with E-state index in [1.807, 2.05) is 7.05 Å². The molecule has 1 aliphatic heterocycles. The summed E-state index contributed by atoms with van der Waals surface area (Å²) in [4.78, 5) is 6.37. The second-order valence-electron chi connectivity index (χ2n) is 4.80. The minimum absolute atomic E-state index is 0.228. The van der Waals surface area contributed by atoms with Gasteiger partial charge in [-0.2, -0.15) is 5.26 Å². The topological polar surface area (TPSA) is 52.0 Å². The van der Waals surface area contributed by atoms with Crippen LogP contribution in [0.15, 0.2) is 18.5 Å². The summed E-state index contributed by atoms with van der Waals surface area (Å²) in [6.07, 6.45) is 5.64. The number of hydrogen-bond acceptors (Lipinski definition) is 4. The first-order valence-electron chi connectivity index (χ1n) is 5.96. The van der Waals surface area contributed by atoms with E-state index in [-0.39, 0.29) is 5.54 Å². The average Bonchev–Trinajstić information content (AvgIpc) is 2.40. The number of piperidine rings is 1. The highest BCUT2D eigenvalue weighted by Gasteiger charge is 2.29. The molecule has 1 aromatic rings. The highest BCUT2D eigenvalue weighted by atomic mass is 15.2. The van der Waals surface area contributed by atoms with Gasteiger partial charge < -0.3 is 10.2 Å². The molecule has 4 nitrogen and oxygen atoms in total. The van der Waals surface area contributed by atoms with Crippen LogP contribution in [-0.4, -0.2) is 30.7 Å². The Hall–Kier alpha value is -1.60. The Morgan fingerprint density at radius 2 is 2.18 bits per heavy atom. The van der Waals surface area contributed by atoms with Gasteiger partial charge in [-0.1, -0.05) is 0 Å². The Bertz CT molecular complexity index is 427. The Balaban J connectivity index is 2.14. The van der Waals surface area contributed by atoms with Crippen LogP contribution in [0.4, 0.5) is 5.69 Å². The molecule has 2 rings (SSSR count). The molecule has 0 saturated carbocycles. The van der Waals surface area contributed by atoms with E-state index in [0.717, 1.165) is 31.6 Å². The third-order valence-electron chi connectivity index (χ3n) is 3.73. The third-order valence-corrected chi connectivity index (χ3v) is 3.73. The smallest absolute Gasteiger partial charge is 0.101 e. The van der Waals surface area contributed by atoms with Crippen LogP contribution in [0.1, 0.15) is 25.3 Å². The second-order valence-corrected chi connectivity index (χ2v) is 4.80. The Kier molecular flexibility index (Phi) is 3.30. The lowest BCUT2D eigenvalue weighted by atomic mass is 9.89. The molecule has 17 heavy (non-hydrogen) atoms. The normalized spacial score (nSPS) is 18.8. The van der Waals surface area contributed by atoms with Crippen molar-refractivity contribution in [2.24, 2.45) is 0 Å². The number of pyridine rings is 1. The van der Waals surface area contributed by atoms with Gasteiger partial charge in [0.15, 0.2) is 0 Å². The standard InChI is InChI=1S/C13H18N4/c1-13(15-2)4-7-17(8-5-13)12-10-16-6-3-11(12)9-14/h3,6,10,15H,4-5,7-8H2,1-2H3. The molecule has 0 aliphatic carbocycles. The molecular weight excluding hydrogens is 212 g/mol. The molecule has 4 heteroatoms. The van der Waals surface area contributed by atoms with E-state index in [4.69, 9.17) is 5.26 Å². The maximum atomic E-state index is 9.08. The van der Waals surface area contributed by atoms with Crippen LogP contribution in [0.3, 0.4) is 0 Å². The van der Waals surface area contributed by atoms with Crippen molar-refractivity contribution in [3.05, 3.63) is 24.0 Å². The Labute approximate surface area is 102 Å². The number of nitrogens with one attached hydrogen (secondary N) is 1. The van der Waals surface area contributed by atoms with Crippen LogP contribution in [0, 0.1) is 11.3 Å². The van der Waals surface area contributed by atoms with Gasteiger partial charge in [0, 0.05) is 24.8 Å². The molecule has 0 radical (unpaired) electrons. The predicted octanol–water partition coefficient (Wildman–Crippen LogP) is 1.53. The summed E-state index contributed by atoms with van der Waals surface area (Å²) >= 11 is 0. The fourth-order valence-corrected chi connectivity index (χ4v) is 2.22. The van der Waals surface area contributed by atoms with Crippen LogP contribution < -0.4 is 10.2 Å². The van der Waals surface area contributed by atoms with E-state index in [1.54, 1.807) is 18.5 Å². The minimum atomic E-state index is 0.228. The van der Waals surface area contributed by atoms with Crippen molar-refractivity contribution in [2.75, 3.05) is 25.0 Å². The predicted molar refractivity (Wildman–Crippen MR) is 67.9 cm³/mol. The molecule has 0 amide bonds. The largest absolute Gasteiger partial charge is 0.369 e. The SMILES string of the molecule is CNC1(C)CCN(c2cnccc2C#N)CC1. The zero-order chi connectivity index (χ0) is 12.3. The number of aromatic nitrogens is 1. The van der Waals surface area contributed by atoms with Crippen molar-refractivity contribution in [2.45, 2.75) is 25.3 Å². The van der Waals surface area contributed by atoms with Crippen LogP contribution in [0.25, 0.3) is 0 Å². The fourth-order valence-electron chi connectivity index (χ4n) is 2.22. The van der Waals surface area contributed by atoms with E-state index in [9.17, 15) is 0 Å². The van der Waals surface area contributed by atoms with Crippen molar-refractivity contribution in [3.63, 3.8) is 0 Å². The first kappa shape index (κ1) is 11.9. The number of nitriles is 1. The van der Waals surface area contributed by atoms with Gasteiger partial charge in [-0.3, -0.25) is 4.98 Å². The molecule has 1 aliphatic rings. The summed E-state index contributed by atoms with van der Waals surface area (Å²) in [7, 11) is 2.01. The zero-order valence-electron chi connectivity index (χ0n) is 10.4. The number of hydrogen-bond donors (Lipinski definition) is 1. The monoisotopic (exact) mass is 230 g/mol. The molecule has 1 N–H and O–H groups in total. The van der Waals surface area contributed by atoms with Crippen molar-refractivity contribution >= 4 is 5.69 Å². The van der Waals surface area contributed by atoms with E-state index in [2.05, 4.69) is 28.2 Å². The number of nitrogens with zero attached hydrogens (tertiary/aromatic N) is 3. The fraction of sp³-hybridized carbons (Fsp3) is 0.538. The van der Waals surface area contributed by atoms with E-state index in [0.29, 0.717) is 5.56 Å². The molecule has 0 aromatic carbocycles. The van der Waals surface area contributed by atoms with Crippen molar-refractivity contribution in [1.29, 1.82) is 5.26 Å². The van der Waals surface area contributed by atoms with Crippen LogP contribution >= 0.6 is 0 Å². The molecule has 2 heterocycles. The van der Waals surface area contributed by atoms with Gasteiger partial charge in [0.2, 0.25) is 0 Å². The summed E-state index contributed by atoms with van der Waals surface area (Å²) in [6.45, 7) is 4.19. The molecule has 1 saturated heterocycles. The summed E-state index contributed by atoms with van der Waals surface area (Å²) < 4.78 is 0. The second kappa shape index (κ2) is 4.72. The summed E-state index contributed by atoms with van der Waals surface area (Å²) in [5.74, 6) is 0. The number of anilines is 1. The van der Waals surface area contributed by atoms with Gasteiger partial charge in [0.1, 0.15) is 6.07 Å². The van der Waals surface area contributed by atoms with E-state index < -0.39 is 0 Å². The zero-order valence-corrected chi connectivity index (χ0v) is 10.4. The lowest BCUT2D eigenvalue weighted by Gasteiger charge is -2.40. The summed E-state index contributed by atoms with van der Waals surface area (Å²) in [6, 6.07) is 4.01. The van der Waals surface area contributed by atoms with Crippen LogP contribution in [0.5, 0.6) is 0 Å². The molecule has 0 atom stereocenters. The quantitative estimate of drug-likeness (QED) is 0.837. The van der Waals surface area contributed by atoms with Gasteiger partial charge >= 0.3 is 0 Å². The maximum Gasteiger partial charge on any atom is 0.101 e. The van der Waals surface area contributed by atoms with Crippen molar-refractivity contribution in [3.8, 4) is 6.07 Å². The Morgan fingerprint density at radius 3 is 2.76 bits per heavy atom.